The molecule has 5 heteroatoms. The van der Waals surface area contributed by atoms with Crippen LogP contribution in [0.4, 0.5) is 5.69 Å². The topological polar surface area (TPSA) is 37.7 Å². The molecule has 0 aliphatic carbocycles. The maximum Gasteiger partial charge on any atom is 0.178 e. The predicted octanol–water partition coefficient (Wildman–Crippen LogP) is 3.84. The van der Waals surface area contributed by atoms with Crippen LogP contribution in [0.2, 0.25) is 0 Å². The average molecular weight is 384 g/mol. The number of hydrogen-bond acceptors (Lipinski definition) is 4. The molecule has 0 radical (unpaired) electrons. The molecular weight excluding hydrogens is 350 g/mol. The summed E-state index contributed by atoms with van der Waals surface area (Å²) < 4.78 is 7.72. The largest absolute Gasteiger partial charge is 0.378 e. The van der Waals surface area contributed by atoms with E-state index >= 15 is 0 Å². The van der Waals surface area contributed by atoms with Gasteiger partial charge >= 0.3 is 0 Å². The van der Waals surface area contributed by atoms with Crippen LogP contribution >= 0.6 is 0 Å². The first-order valence-corrected chi connectivity index (χ1v) is 10.2. The number of rotatable bonds is 7. The number of likely N-dealkylation sites (N-methyl/N-ethyl adjacent to an activating group) is 1. The van der Waals surface area contributed by atoms with Crippen molar-refractivity contribution in [1.29, 1.82) is 0 Å². The van der Waals surface area contributed by atoms with Crippen molar-refractivity contribution in [2.45, 2.75) is 40.3 Å². The molecule has 1 saturated heterocycles. The monoisotopic (exact) mass is 383 g/mol. The molecule has 28 heavy (non-hydrogen) atoms. The van der Waals surface area contributed by atoms with Crippen LogP contribution in [-0.4, -0.2) is 55.1 Å². The number of aromatic nitrogens is 1. The smallest absolute Gasteiger partial charge is 0.178 e. The van der Waals surface area contributed by atoms with E-state index in [9.17, 15) is 4.79 Å². The van der Waals surface area contributed by atoms with E-state index in [4.69, 9.17) is 4.74 Å². The molecule has 1 aromatic heterocycles. The first-order chi connectivity index (χ1) is 13.4. The van der Waals surface area contributed by atoms with Gasteiger partial charge in [-0.1, -0.05) is 18.2 Å². The first-order valence-electron chi connectivity index (χ1n) is 10.2. The lowest BCUT2D eigenvalue weighted by atomic mass is 10.1. The summed E-state index contributed by atoms with van der Waals surface area (Å²) in [6, 6.07) is 10.9. The summed E-state index contributed by atoms with van der Waals surface area (Å²) in [5.41, 5.74) is 5.57. The molecule has 0 N–H and O–H groups in total. The van der Waals surface area contributed by atoms with Gasteiger partial charge in [-0.3, -0.25) is 9.69 Å². The zero-order valence-corrected chi connectivity index (χ0v) is 17.9. The fourth-order valence-electron chi connectivity index (χ4n) is 4.29. The van der Waals surface area contributed by atoms with Crippen molar-refractivity contribution in [2.75, 3.05) is 44.8 Å². The molecule has 1 aliphatic rings. The van der Waals surface area contributed by atoms with Crippen molar-refractivity contribution in [3.05, 3.63) is 52.8 Å². The van der Waals surface area contributed by atoms with E-state index in [1.54, 1.807) is 0 Å². The van der Waals surface area contributed by atoms with Gasteiger partial charge in [0.15, 0.2) is 5.78 Å². The molecule has 2 aromatic rings. The van der Waals surface area contributed by atoms with Gasteiger partial charge in [0.1, 0.15) is 0 Å². The standard InChI is InChI=1S/C23H33N3O2/c1-17(2)26-18(3)14-21(19(26)4)23(27)16-24(5)15-20-8-6-7-9-22(20)25-10-12-28-13-11-25/h6-9,14,17H,10-13,15-16H2,1-5H3. The summed E-state index contributed by atoms with van der Waals surface area (Å²) in [4.78, 5) is 17.5. The lowest BCUT2D eigenvalue weighted by Gasteiger charge is -2.31. The molecule has 1 fully saturated rings. The minimum atomic E-state index is 0.186. The molecule has 1 aromatic carbocycles. The minimum absolute atomic E-state index is 0.186. The number of Topliss-reactive ketones (excluding diaryl/α,β-unsaturated/α-hetero) is 1. The molecule has 0 bridgehead atoms. The molecule has 0 atom stereocenters. The third-order valence-electron chi connectivity index (χ3n) is 5.50. The number of hydrogen-bond donors (Lipinski definition) is 0. The second-order valence-electron chi connectivity index (χ2n) is 8.07. The highest BCUT2D eigenvalue weighted by atomic mass is 16.5. The second-order valence-corrected chi connectivity index (χ2v) is 8.07. The van der Waals surface area contributed by atoms with Gasteiger partial charge in [-0.05, 0) is 52.4 Å². The van der Waals surface area contributed by atoms with Gasteiger partial charge in [-0.25, -0.2) is 0 Å². The Balaban J connectivity index is 1.70. The van der Waals surface area contributed by atoms with Gasteiger partial charge < -0.3 is 14.2 Å². The highest BCUT2D eigenvalue weighted by Gasteiger charge is 2.20. The van der Waals surface area contributed by atoms with Crippen LogP contribution in [0.1, 0.15) is 47.2 Å². The summed E-state index contributed by atoms with van der Waals surface area (Å²) in [5, 5.41) is 0. The van der Waals surface area contributed by atoms with Crippen LogP contribution in [-0.2, 0) is 11.3 Å². The number of morpholine rings is 1. The number of ether oxygens (including phenoxy) is 1. The number of anilines is 1. The molecule has 1 aliphatic heterocycles. The van der Waals surface area contributed by atoms with Crippen molar-refractivity contribution in [3.8, 4) is 0 Å². The lowest BCUT2D eigenvalue weighted by Crippen LogP contribution is -2.37. The van der Waals surface area contributed by atoms with E-state index in [1.165, 1.54) is 11.3 Å². The maximum absolute atomic E-state index is 13.0. The van der Waals surface area contributed by atoms with Gasteiger partial charge in [0.2, 0.25) is 0 Å². The Morgan fingerprint density at radius 3 is 2.50 bits per heavy atom. The Bertz CT molecular complexity index is 819. The second kappa shape index (κ2) is 8.93. The average Bonchev–Trinajstić information content (AvgIpc) is 2.97. The van der Waals surface area contributed by atoms with E-state index < -0.39 is 0 Å². The highest BCUT2D eigenvalue weighted by Crippen LogP contribution is 2.24. The van der Waals surface area contributed by atoms with Gasteiger partial charge in [-0.2, -0.15) is 0 Å². The molecule has 152 valence electrons. The predicted molar refractivity (Wildman–Crippen MR) is 114 cm³/mol. The van der Waals surface area contributed by atoms with Crippen LogP contribution in [0.5, 0.6) is 0 Å². The number of carbonyl (C=O) groups is 1. The summed E-state index contributed by atoms with van der Waals surface area (Å²) in [6.07, 6.45) is 0. The summed E-state index contributed by atoms with van der Waals surface area (Å²) in [7, 11) is 2.02. The number of benzene rings is 1. The van der Waals surface area contributed by atoms with Gasteiger partial charge in [0, 0.05) is 48.3 Å². The van der Waals surface area contributed by atoms with Crippen LogP contribution in [0.15, 0.2) is 30.3 Å². The Labute approximate surface area is 168 Å². The summed E-state index contributed by atoms with van der Waals surface area (Å²) in [6.45, 7) is 13.0. The molecular formula is C23H33N3O2. The van der Waals surface area contributed by atoms with Crippen molar-refractivity contribution >= 4 is 11.5 Å². The Hall–Kier alpha value is -2.11. The Morgan fingerprint density at radius 1 is 1.18 bits per heavy atom. The number of para-hydroxylation sites is 1. The van der Waals surface area contributed by atoms with Crippen molar-refractivity contribution < 1.29 is 9.53 Å². The molecule has 0 amide bonds. The van der Waals surface area contributed by atoms with E-state index in [1.807, 2.05) is 20.0 Å². The quantitative estimate of drug-likeness (QED) is 0.681. The van der Waals surface area contributed by atoms with Gasteiger partial charge in [0.25, 0.3) is 0 Å². The number of aryl methyl sites for hydroxylation is 1. The van der Waals surface area contributed by atoms with Gasteiger partial charge in [0.05, 0.1) is 19.8 Å². The fourth-order valence-corrected chi connectivity index (χ4v) is 4.29. The van der Waals surface area contributed by atoms with Crippen LogP contribution in [0, 0.1) is 13.8 Å². The summed E-state index contributed by atoms with van der Waals surface area (Å²) in [5.74, 6) is 0.186. The molecule has 0 unspecified atom stereocenters. The maximum atomic E-state index is 13.0. The van der Waals surface area contributed by atoms with Crippen molar-refractivity contribution in [2.24, 2.45) is 0 Å². The van der Waals surface area contributed by atoms with E-state index in [2.05, 4.69) is 59.4 Å². The van der Waals surface area contributed by atoms with E-state index in [0.717, 1.165) is 49.8 Å². The van der Waals surface area contributed by atoms with Crippen LogP contribution < -0.4 is 4.90 Å². The molecule has 2 heterocycles. The van der Waals surface area contributed by atoms with E-state index in [0.29, 0.717) is 12.6 Å². The SMILES string of the molecule is Cc1cc(C(=O)CN(C)Cc2ccccc2N2CCOCC2)c(C)n1C(C)C. The number of carbonyl (C=O) groups excluding carboxylic acids is 1. The van der Waals surface area contributed by atoms with Gasteiger partial charge in [-0.15, -0.1) is 0 Å². The fraction of sp³-hybridized carbons (Fsp3) is 0.522. The molecule has 0 spiro atoms. The van der Waals surface area contributed by atoms with Crippen molar-refractivity contribution in [1.82, 2.24) is 9.47 Å². The summed E-state index contributed by atoms with van der Waals surface area (Å²) >= 11 is 0. The highest BCUT2D eigenvalue weighted by molar-refractivity contribution is 5.99. The minimum Gasteiger partial charge on any atom is -0.378 e. The van der Waals surface area contributed by atoms with Crippen LogP contribution in [0.25, 0.3) is 0 Å². The Morgan fingerprint density at radius 2 is 1.86 bits per heavy atom. The first kappa shape index (κ1) is 20.6. The molecule has 3 rings (SSSR count). The lowest BCUT2D eigenvalue weighted by molar-refractivity contribution is 0.0942. The Kier molecular flexibility index (Phi) is 6.57. The molecule has 0 saturated carbocycles. The van der Waals surface area contributed by atoms with E-state index in [-0.39, 0.29) is 5.78 Å². The van der Waals surface area contributed by atoms with Crippen molar-refractivity contribution in [3.63, 3.8) is 0 Å². The number of nitrogens with zero attached hydrogens (tertiary/aromatic N) is 3. The molecule has 5 nitrogen and oxygen atoms in total. The zero-order valence-electron chi connectivity index (χ0n) is 17.9. The normalized spacial score (nSPS) is 14.9. The zero-order chi connectivity index (χ0) is 20.3. The third-order valence-corrected chi connectivity index (χ3v) is 5.50. The third kappa shape index (κ3) is 4.47. The van der Waals surface area contributed by atoms with Crippen LogP contribution in [0.3, 0.4) is 0 Å². The number of ketones is 1.